The predicted molar refractivity (Wildman–Crippen MR) is 85.7 cm³/mol. The van der Waals surface area contributed by atoms with Crippen molar-refractivity contribution in [3.8, 4) is 5.75 Å². The molecule has 4 nitrogen and oxygen atoms in total. The molecule has 21 heavy (non-hydrogen) atoms. The van der Waals surface area contributed by atoms with Crippen LogP contribution in [0, 0.1) is 0 Å². The van der Waals surface area contributed by atoms with Gasteiger partial charge < -0.3 is 15.0 Å². The van der Waals surface area contributed by atoms with Gasteiger partial charge in [-0.25, -0.2) is 4.98 Å². The maximum absolute atomic E-state index is 6.03. The average Bonchev–Trinajstić information content (AvgIpc) is 2.80. The summed E-state index contributed by atoms with van der Waals surface area (Å²) in [5.74, 6) is 1.39. The Kier molecular flexibility index (Phi) is 3.97. The number of para-hydroxylation sites is 1. The van der Waals surface area contributed by atoms with E-state index in [1.807, 2.05) is 53.1 Å². The molecule has 0 aliphatic rings. The number of halogens is 1. The molecule has 5 heteroatoms. The van der Waals surface area contributed by atoms with Crippen molar-refractivity contribution in [3.63, 3.8) is 0 Å². The molecule has 2 aromatic carbocycles. The smallest absolute Gasteiger partial charge is 0.201 e. The third-order valence-electron chi connectivity index (χ3n) is 3.28. The molecule has 0 saturated heterocycles. The fourth-order valence-electron chi connectivity index (χ4n) is 2.28. The van der Waals surface area contributed by atoms with Gasteiger partial charge in [0, 0.05) is 11.6 Å². The Morgan fingerprint density at radius 1 is 1.14 bits per heavy atom. The highest BCUT2D eigenvalue weighted by Crippen LogP contribution is 2.22. The molecule has 0 amide bonds. The molecule has 0 fully saturated rings. The van der Waals surface area contributed by atoms with Gasteiger partial charge in [-0.3, -0.25) is 0 Å². The number of aromatic nitrogens is 2. The summed E-state index contributed by atoms with van der Waals surface area (Å²) in [6.07, 6.45) is 0.844. The number of nitrogens with zero attached hydrogens (tertiary/aromatic N) is 2. The normalized spacial score (nSPS) is 10.9. The number of nitrogens with two attached hydrogens (primary N) is 1. The zero-order chi connectivity index (χ0) is 14.7. The molecule has 3 aromatic rings. The summed E-state index contributed by atoms with van der Waals surface area (Å²) in [6.45, 7) is 1.37. The van der Waals surface area contributed by atoms with Gasteiger partial charge in [0.15, 0.2) is 0 Å². The van der Waals surface area contributed by atoms with Crippen LogP contribution in [0.2, 0.25) is 5.02 Å². The molecular weight excluding hydrogens is 286 g/mol. The Labute approximate surface area is 128 Å². The Hall–Kier alpha value is -2.20. The number of hydrogen-bond donors (Lipinski definition) is 1. The molecule has 0 bridgehead atoms. The largest absolute Gasteiger partial charge is 0.494 e. The molecular formula is C16H16ClN3O. The molecule has 0 aliphatic carbocycles. The first-order chi connectivity index (χ1) is 10.2. The lowest BCUT2D eigenvalue weighted by atomic mass is 10.3. The van der Waals surface area contributed by atoms with E-state index in [1.54, 1.807) is 0 Å². The van der Waals surface area contributed by atoms with E-state index < -0.39 is 0 Å². The minimum absolute atomic E-state index is 0.506. The summed E-state index contributed by atoms with van der Waals surface area (Å²) >= 11 is 6.03. The number of nitrogen functional groups attached to an aromatic ring is 1. The first-order valence-electron chi connectivity index (χ1n) is 6.83. The molecule has 2 N–H and O–H groups in total. The molecule has 0 saturated carbocycles. The van der Waals surface area contributed by atoms with Crippen molar-refractivity contribution in [2.45, 2.75) is 13.0 Å². The highest BCUT2D eigenvalue weighted by Gasteiger charge is 2.08. The molecule has 0 aliphatic heterocycles. The number of rotatable bonds is 5. The van der Waals surface area contributed by atoms with Crippen LogP contribution < -0.4 is 10.5 Å². The summed E-state index contributed by atoms with van der Waals surface area (Å²) in [4.78, 5) is 4.33. The van der Waals surface area contributed by atoms with E-state index in [-0.39, 0.29) is 0 Å². The molecule has 0 unspecified atom stereocenters. The highest BCUT2D eigenvalue weighted by atomic mass is 35.5. The number of hydrogen-bond acceptors (Lipinski definition) is 3. The topological polar surface area (TPSA) is 53.1 Å². The summed E-state index contributed by atoms with van der Waals surface area (Å²) in [5, 5.41) is 0.684. The number of benzene rings is 2. The summed E-state index contributed by atoms with van der Waals surface area (Å²) in [5.41, 5.74) is 7.78. The van der Waals surface area contributed by atoms with Crippen LogP contribution in [0.4, 0.5) is 5.95 Å². The minimum atomic E-state index is 0.506. The molecule has 1 aromatic heterocycles. The maximum atomic E-state index is 6.03. The Balaban J connectivity index is 1.65. The second kappa shape index (κ2) is 6.06. The van der Waals surface area contributed by atoms with Gasteiger partial charge in [-0.05, 0) is 36.8 Å². The molecule has 3 rings (SSSR count). The number of aryl methyl sites for hydroxylation is 1. The minimum Gasteiger partial charge on any atom is -0.494 e. The van der Waals surface area contributed by atoms with E-state index in [9.17, 15) is 0 Å². The van der Waals surface area contributed by atoms with E-state index in [1.165, 1.54) is 0 Å². The van der Waals surface area contributed by atoms with Gasteiger partial charge >= 0.3 is 0 Å². The van der Waals surface area contributed by atoms with Gasteiger partial charge in [-0.15, -0.1) is 0 Å². The number of fused-ring (bicyclic) bond motifs is 1. The quantitative estimate of drug-likeness (QED) is 0.730. The zero-order valence-corrected chi connectivity index (χ0v) is 12.3. The third kappa shape index (κ3) is 3.11. The number of ether oxygens (including phenoxy) is 1. The van der Waals surface area contributed by atoms with Crippen molar-refractivity contribution in [3.05, 3.63) is 53.6 Å². The van der Waals surface area contributed by atoms with E-state index in [0.29, 0.717) is 17.6 Å². The van der Waals surface area contributed by atoms with Gasteiger partial charge in [0.1, 0.15) is 5.75 Å². The van der Waals surface area contributed by atoms with Crippen LogP contribution in [0.5, 0.6) is 5.75 Å². The molecule has 0 radical (unpaired) electrons. The van der Waals surface area contributed by atoms with E-state index >= 15 is 0 Å². The van der Waals surface area contributed by atoms with Crippen LogP contribution in [-0.4, -0.2) is 16.2 Å². The Bertz CT molecular complexity index is 740. The Morgan fingerprint density at radius 2 is 1.95 bits per heavy atom. The first-order valence-corrected chi connectivity index (χ1v) is 7.21. The first kappa shape index (κ1) is 13.8. The second-order valence-corrected chi connectivity index (χ2v) is 5.21. The standard InChI is InChI=1S/C16H16ClN3O/c17-12-7-8-14-15(11-12)20(16(18)19-14)9-4-10-21-13-5-2-1-3-6-13/h1-3,5-8,11H,4,9-10H2,(H2,18,19). The molecule has 0 spiro atoms. The van der Waals surface area contributed by atoms with Crippen molar-refractivity contribution < 1.29 is 4.74 Å². The van der Waals surface area contributed by atoms with Crippen molar-refractivity contribution in [2.24, 2.45) is 0 Å². The van der Waals surface area contributed by atoms with Gasteiger partial charge in [0.2, 0.25) is 5.95 Å². The number of anilines is 1. The average molecular weight is 302 g/mol. The molecule has 0 atom stereocenters. The Morgan fingerprint density at radius 3 is 2.76 bits per heavy atom. The number of imidazole rings is 1. The summed E-state index contributed by atoms with van der Waals surface area (Å²) in [6, 6.07) is 15.4. The van der Waals surface area contributed by atoms with E-state index in [0.717, 1.165) is 29.7 Å². The predicted octanol–water partition coefficient (Wildman–Crippen LogP) is 3.74. The van der Waals surface area contributed by atoms with Crippen molar-refractivity contribution in [2.75, 3.05) is 12.3 Å². The fraction of sp³-hybridized carbons (Fsp3) is 0.188. The van der Waals surface area contributed by atoms with Crippen molar-refractivity contribution in [1.82, 2.24) is 9.55 Å². The third-order valence-corrected chi connectivity index (χ3v) is 3.51. The van der Waals surface area contributed by atoms with Crippen LogP contribution >= 0.6 is 11.6 Å². The lowest BCUT2D eigenvalue weighted by Gasteiger charge is -2.08. The summed E-state index contributed by atoms with van der Waals surface area (Å²) < 4.78 is 7.65. The monoisotopic (exact) mass is 301 g/mol. The van der Waals surface area contributed by atoms with E-state index in [2.05, 4.69) is 4.98 Å². The van der Waals surface area contributed by atoms with Gasteiger partial charge in [-0.2, -0.15) is 0 Å². The zero-order valence-electron chi connectivity index (χ0n) is 11.5. The lowest BCUT2D eigenvalue weighted by Crippen LogP contribution is -2.07. The lowest BCUT2D eigenvalue weighted by molar-refractivity contribution is 0.303. The SMILES string of the molecule is Nc1nc2ccc(Cl)cc2n1CCCOc1ccccc1. The van der Waals surface area contributed by atoms with Gasteiger partial charge in [-0.1, -0.05) is 29.8 Å². The maximum Gasteiger partial charge on any atom is 0.201 e. The highest BCUT2D eigenvalue weighted by molar-refractivity contribution is 6.31. The van der Waals surface area contributed by atoms with Crippen LogP contribution in [0.15, 0.2) is 48.5 Å². The van der Waals surface area contributed by atoms with Gasteiger partial charge in [0.05, 0.1) is 17.6 Å². The van der Waals surface area contributed by atoms with Crippen LogP contribution in [0.25, 0.3) is 11.0 Å². The molecule has 1 heterocycles. The van der Waals surface area contributed by atoms with E-state index in [4.69, 9.17) is 22.1 Å². The van der Waals surface area contributed by atoms with Crippen LogP contribution in [-0.2, 0) is 6.54 Å². The van der Waals surface area contributed by atoms with Crippen molar-refractivity contribution >= 4 is 28.6 Å². The van der Waals surface area contributed by atoms with Crippen molar-refractivity contribution in [1.29, 1.82) is 0 Å². The fourth-order valence-corrected chi connectivity index (χ4v) is 2.45. The molecule has 108 valence electrons. The second-order valence-electron chi connectivity index (χ2n) is 4.77. The van der Waals surface area contributed by atoms with Crippen LogP contribution in [0.1, 0.15) is 6.42 Å². The summed E-state index contributed by atoms with van der Waals surface area (Å²) in [7, 11) is 0. The van der Waals surface area contributed by atoms with Gasteiger partial charge in [0.25, 0.3) is 0 Å². The van der Waals surface area contributed by atoms with Crippen LogP contribution in [0.3, 0.4) is 0 Å².